The van der Waals surface area contributed by atoms with Crippen molar-refractivity contribution in [1.82, 2.24) is 0 Å². The molecule has 0 aromatic rings. The first-order valence-corrected chi connectivity index (χ1v) is 9.95. The molecule has 0 aromatic heterocycles. The minimum absolute atomic E-state index is 0.0607. The van der Waals surface area contributed by atoms with Crippen LogP contribution in [0, 0.1) is 0 Å². The SMILES string of the molecule is CCCCCCCCCCCCCCCCCC(=O)[O][Mo]. The second kappa shape index (κ2) is 18.2. The van der Waals surface area contributed by atoms with Crippen LogP contribution in [0.25, 0.3) is 0 Å². The van der Waals surface area contributed by atoms with Gasteiger partial charge in [-0.1, -0.05) is 45.4 Å². The Morgan fingerprint density at radius 3 is 1.33 bits per heavy atom. The fourth-order valence-corrected chi connectivity index (χ4v) is 2.89. The maximum absolute atomic E-state index is 10.9. The van der Waals surface area contributed by atoms with Crippen molar-refractivity contribution in [3.8, 4) is 0 Å². The molecular weight excluding hydrogens is 344 g/mol. The van der Waals surface area contributed by atoms with Gasteiger partial charge in [0.1, 0.15) is 0 Å². The van der Waals surface area contributed by atoms with Crippen molar-refractivity contribution in [2.24, 2.45) is 0 Å². The van der Waals surface area contributed by atoms with Gasteiger partial charge in [0.15, 0.2) is 0 Å². The van der Waals surface area contributed by atoms with Crippen molar-refractivity contribution < 1.29 is 28.4 Å². The molecule has 0 unspecified atom stereocenters. The quantitative estimate of drug-likeness (QED) is 0.234. The Morgan fingerprint density at radius 2 is 1.00 bits per heavy atom. The fourth-order valence-electron chi connectivity index (χ4n) is 2.68. The first-order chi connectivity index (χ1) is 10.3. The van der Waals surface area contributed by atoms with Crippen LogP contribution in [-0.2, 0) is 28.4 Å². The Hall–Kier alpha value is 0.158. The van der Waals surface area contributed by atoms with Crippen LogP contribution >= 0.6 is 0 Å². The molecule has 0 amide bonds. The zero-order valence-electron chi connectivity index (χ0n) is 14.0. The molecule has 21 heavy (non-hydrogen) atoms. The monoisotopic (exact) mass is 381 g/mol. The van der Waals surface area contributed by atoms with Crippen molar-refractivity contribution in [1.29, 1.82) is 0 Å². The summed E-state index contributed by atoms with van der Waals surface area (Å²) < 4.78 is 4.64. The summed E-state index contributed by atoms with van der Waals surface area (Å²) in [6, 6.07) is 0. The number of hydrogen-bond donors (Lipinski definition) is 0. The Kier molecular flexibility index (Phi) is 18.3. The predicted octanol–water partition coefficient (Wildman–Crippen LogP) is 6.25. The molecule has 0 spiro atoms. The molecule has 0 fully saturated rings. The molecule has 2 nitrogen and oxygen atoms in total. The summed E-state index contributed by atoms with van der Waals surface area (Å²) in [6.07, 6.45) is 20.9. The Morgan fingerprint density at radius 1 is 0.667 bits per heavy atom. The van der Waals surface area contributed by atoms with Crippen LogP contribution in [0.2, 0.25) is 0 Å². The average Bonchev–Trinajstić information content (AvgIpc) is 2.50. The molecule has 0 aliphatic rings. The van der Waals surface area contributed by atoms with E-state index < -0.39 is 0 Å². The average molecular weight is 379 g/mol. The van der Waals surface area contributed by atoms with E-state index in [9.17, 15) is 4.79 Å². The van der Waals surface area contributed by atoms with Gasteiger partial charge in [-0.25, -0.2) is 0 Å². The molecule has 0 aliphatic heterocycles. The third-order valence-corrected chi connectivity index (χ3v) is 4.53. The Bertz CT molecular complexity index is 219. The van der Waals surface area contributed by atoms with Crippen LogP contribution in [0.4, 0.5) is 0 Å². The molecule has 0 saturated carbocycles. The van der Waals surface area contributed by atoms with Crippen LogP contribution in [0.3, 0.4) is 0 Å². The van der Waals surface area contributed by atoms with Crippen molar-refractivity contribution in [2.45, 2.75) is 110 Å². The van der Waals surface area contributed by atoms with E-state index >= 15 is 0 Å². The molecule has 0 N–H and O–H groups in total. The van der Waals surface area contributed by atoms with E-state index in [-0.39, 0.29) is 5.97 Å². The molecule has 0 aromatic carbocycles. The van der Waals surface area contributed by atoms with Crippen LogP contribution in [0.1, 0.15) is 110 Å². The van der Waals surface area contributed by atoms with Gasteiger partial charge in [-0.15, -0.1) is 0 Å². The summed E-state index contributed by atoms with van der Waals surface area (Å²) in [5.74, 6) is -0.0607. The molecule has 0 rings (SSSR count). The third kappa shape index (κ3) is 18.1. The Labute approximate surface area is 144 Å². The van der Waals surface area contributed by atoms with E-state index in [4.69, 9.17) is 0 Å². The summed E-state index contributed by atoms with van der Waals surface area (Å²) in [5.41, 5.74) is 0. The number of unbranched alkanes of at least 4 members (excludes halogenated alkanes) is 14. The van der Waals surface area contributed by atoms with Crippen molar-refractivity contribution in [2.75, 3.05) is 0 Å². The zero-order chi connectivity index (χ0) is 15.6. The molecule has 0 aliphatic carbocycles. The second-order valence-electron chi connectivity index (χ2n) is 6.16. The standard InChI is InChI=1S/C18H36O2.Mo/c1-2-3-4-5-6-7-8-9-10-11-12-13-14-15-16-17-18(19)20;/h2-17H2,1H3,(H,19,20);/q;+1/p-1. The summed E-state index contributed by atoms with van der Waals surface area (Å²) in [6.45, 7) is 2.28. The van der Waals surface area contributed by atoms with Gasteiger partial charge < -0.3 is 0 Å². The topological polar surface area (TPSA) is 26.3 Å². The van der Waals surface area contributed by atoms with Crippen molar-refractivity contribution in [3.63, 3.8) is 0 Å². The zero-order valence-corrected chi connectivity index (χ0v) is 16.0. The van der Waals surface area contributed by atoms with Gasteiger partial charge in [0.2, 0.25) is 0 Å². The van der Waals surface area contributed by atoms with Gasteiger partial charge in [-0.3, -0.25) is 0 Å². The van der Waals surface area contributed by atoms with Gasteiger partial charge in [-0.05, 0) is 0 Å². The minimum atomic E-state index is -0.0607. The molecule has 125 valence electrons. The maximum atomic E-state index is 10.9. The van der Waals surface area contributed by atoms with E-state index in [2.05, 4.69) is 10.3 Å². The van der Waals surface area contributed by atoms with E-state index in [1.165, 1.54) is 110 Å². The molecular formula is C18H35MoO2. The van der Waals surface area contributed by atoms with E-state index in [1.807, 2.05) is 0 Å². The first-order valence-electron chi connectivity index (χ1n) is 9.14. The number of rotatable bonds is 16. The van der Waals surface area contributed by atoms with Gasteiger partial charge in [0, 0.05) is 0 Å². The number of carbonyl (C=O) groups excluding carboxylic acids is 1. The van der Waals surface area contributed by atoms with Gasteiger partial charge in [0.05, 0.1) is 0 Å². The Balaban J connectivity index is 2.98. The molecule has 3 heteroatoms. The normalized spacial score (nSPS) is 10.7. The molecule has 0 saturated heterocycles. The van der Waals surface area contributed by atoms with Gasteiger partial charge in [0.25, 0.3) is 0 Å². The molecule has 0 bridgehead atoms. The number of carbonyl (C=O) groups is 1. The predicted molar refractivity (Wildman–Crippen MR) is 85.6 cm³/mol. The van der Waals surface area contributed by atoms with Crippen LogP contribution in [0.15, 0.2) is 0 Å². The van der Waals surface area contributed by atoms with Crippen molar-refractivity contribution >= 4 is 5.97 Å². The number of hydrogen-bond acceptors (Lipinski definition) is 2. The summed E-state index contributed by atoms with van der Waals surface area (Å²) in [5, 5.41) is 0. The van der Waals surface area contributed by atoms with E-state index in [1.54, 1.807) is 0 Å². The molecule has 0 radical (unpaired) electrons. The summed E-state index contributed by atoms with van der Waals surface area (Å²) in [4.78, 5) is 10.9. The molecule has 0 heterocycles. The van der Waals surface area contributed by atoms with Gasteiger partial charge >= 0.3 is 98.6 Å². The van der Waals surface area contributed by atoms with Crippen LogP contribution in [-0.4, -0.2) is 5.97 Å². The van der Waals surface area contributed by atoms with Crippen molar-refractivity contribution in [3.05, 3.63) is 0 Å². The first kappa shape index (κ1) is 21.2. The second-order valence-corrected chi connectivity index (χ2v) is 6.56. The van der Waals surface area contributed by atoms with Crippen LogP contribution < -0.4 is 0 Å². The molecule has 0 atom stereocenters. The van der Waals surface area contributed by atoms with Crippen LogP contribution in [0.5, 0.6) is 0 Å². The van der Waals surface area contributed by atoms with E-state index in [0.717, 1.165) is 6.42 Å². The van der Waals surface area contributed by atoms with Gasteiger partial charge in [-0.2, -0.15) is 0 Å². The summed E-state index contributed by atoms with van der Waals surface area (Å²) in [7, 11) is 0. The summed E-state index contributed by atoms with van der Waals surface area (Å²) >= 11 is 1.40. The third-order valence-electron chi connectivity index (χ3n) is 4.08. The fraction of sp³-hybridized carbons (Fsp3) is 0.944. The van der Waals surface area contributed by atoms with E-state index in [0.29, 0.717) is 6.42 Å².